The van der Waals surface area contributed by atoms with Gasteiger partial charge in [0, 0.05) is 43.0 Å². The number of anilines is 1. The normalized spacial score (nSPS) is 19.3. The maximum absolute atomic E-state index is 13.8. The van der Waals surface area contributed by atoms with E-state index < -0.39 is 17.8 Å². The van der Waals surface area contributed by atoms with Gasteiger partial charge in [-0.1, -0.05) is 85.1 Å². The molecule has 0 spiro atoms. The van der Waals surface area contributed by atoms with E-state index in [2.05, 4.69) is 58.7 Å². The fraction of sp³-hybridized carbons (Fsp3) is 0.344. The topological polar surface area (TPSA) is 89.9 Å². The van der Waals surface area contributed by atoms with Crippen molar-refractivity contribution in [1.82, 2.24) is 9.80 Å². The smallest absolute Gasteiger partial charge is 0.337 e. The quantitative estimate of drug-likeness (QED) is 0.342. The third-order valence-corrected chi connectivity index (χ3v) is 8.35. The largest absolute Gasteiger partial charge is 0.478 e. The number of carboxylic acid groups (broad SMARTS) is 1. The van der Waals surface area contributed by atoms with Gasteiger partial charge in [-0.3, -0.25) is 14.5 Å². The zero-order valence-corrected chi connectivity index (χ0v) is 24.3. The molecule has 1 aliphatic heterocycles. The molecule has 3 aromatic carbocycles. The van der Waals surface area contributed by atoms with Crippen molar-refractivity contribution in [3.63, 3.8) is 0 Å². The average molecular weight is 597 g/mol. The minimum atomic E-state index is -1.17. The molecule has 2 atom stereocenters. The number of hydrogen-bond acceptors (Lipinski definition) is 4. The summed E-state index contributed by atoms with van der Waals surface area (Å²) in [5.41, 5.74) is 2.57. The van der Waals surface area contributed by atoms with E-state index in [1.165, 1.54) is 23.3 Å². The van der Waals surface area contributed by atoms with Gasteiger partial charge in [-0.15, -0.1) is 12.4 Å². The molecule has 0 radical (unpaired) electrons. The van der Waals surface area contributed by atoms with Gasteiger partial charge in [0.15, 0.2) is 0 Å². The van der Waals surface area contributed by atoms with Gasteiger partial charge in [-0.2, -0.15) is 0 Å². The van der Waals surface area contributed by atoms with E-state index in [1.54, 1.807) is 6.07 Å². The number of nitrogens with one attached hydrogen (secondary N) is 1. The predicted molar refractivity (Wildman–Crippen MR) is 163 cm³/mol. The molecule has 2 aliphatic rings. The van der Waals surface area contributed by atoms with Gasteiger partial charge in [0.1, 0.15) is 0 Å². The van der Waals surface area contributed by atoms with Crippen LogP contribution in [0.4, 0.5) is 5.69 Å². The first-order chi connectivity index (χ1) is 19.4. The van der Waals surface area contributed by atoms with Gasteiger partial charge < -0.3 is 15.3 Å². The highest BCUT2D eigenvalue weighted by Gasteiger charge is 2.39. The van der Waals surface area contributed by atoms with Crippen LogP contribution in [0.15, 0.2) is 78.9 Å². The molecule has 0 aromatic heterocycles. The van der Waals surface area contributed by atoms with E-state index in [1.807, 2.05) is 17.0 Å². The van der Waals surface area contributed by atoms with E-state index in [0.717, 1.165) is 25.9 Å². The Hall–Kier alpha value is -3.39. The monoisotopic (exact) mass is 595 g/mol. The second-order valence-corrected chi connectivity index (χ2v) is 11.0. The molecule has 1 saturated heterocycles. The first kappa shape index (κ1) is 30.6. The van der Waals surface area contributed by atoms with Crippen molar-refractivity contribution in [3.05, 3.63) is 101 Å². The van der Waals surface area contributed by atoms with Gasteiger partial charge in [0.25, 0.3) is 0 Å². The van der Waals surface area contributed by atoms with Crippen molar-refractivity contribution in [2.24, 2.45) is 11.8 Å². The van der Waals surface area contributed by atoms with E-state index in [4.69, 9.17) is 11.6 Å². The molecule has 0 bridgehead atoms. The average Bonchev–Trinajstić information content (AvgIpc) is 2.99. The van der Waals surface area contributed by atoms with Crippen molar-refractivity contribution in [2.45, 2.75) is 31.7 Å². The minimum absolute atomic E-state index is 0. The van der Waals surface area contributed by atoms with Gasteiger partial charge in [0.2, 0.25) is 11.8 Å². The van der Waals surface area contributed by atoms with Crippen LogP contribution in [0.5, 0.6) is 0 Å². The van der Waals surface area contributed by atoms with Gasteiger partial charge in [-0.25, -0.2) is 4.79 Å². The van der Waals surface area contributed by atoms with Crippen molar-refractivity contribution in [2.75, 3.05) is 31.5 Å². The zero-order chi connectivity index (χ0) is 28.1. The summed E-state index contributed by atoms with van der Waals surface area (Å²) < 4.78 is 0. The second kappa shape index (κ2) is 14.0. The number of halogens is 2. The summed E-state index contributed by atoms with van der Waals surface area (Å²) >= 11 is 5.97. The number of benzene rings is 3. The summed E-state index contributed by atoms with van der Waals surface area (Å²) in [5, 5.41) is 12.6. The van der Waals surface area contributed by atoms with Crippen LogP contribution in [0.1, 0.15) is 53.2 Å². The summed E-state index contributed by atoms with van der Waals surface area (Å²) in [6, 6.07) is 25.3. The molecule has 0 unspecified atom stereocenters. The number of amides is 2. The molecule has 2 amide bonds. The van der Waals surface area contributed by atoms with Crippen molar-refractivity contribution >= 4 is 47.5 Å². The highest BCUT2D eigenvalue weighted by molar-refractivity contribution is 6.31. The highest BCUT2D eigenvalue weighted by Crippen LogP contribution is 2.35. The van der Waals surface area contributed by atoms with Gasteiger partial charge in [-0.05, 0) is 42.2 Å². The van der Waals surface area contributed by atoms with E-state index >= 15 is 0 Å². The Bertz CT molecular complexity index is 1310. The fourth-order valence-electron chi connectivity index (χ4n) is 6.09. The van der Waals surface area contributed by atoms with Crippen molar-refractivity contribution in [1.29, 1.82) is 0 Å². The third-order valence-electron chi connectivity index (χ3n) is 8.11. The fourth-order valence-corrected chi connectivity index (χ4v) is 6.26. The minimum Gasteiger partial charge on any atom is -0.478 e. The molecule has 216 valence electrons. The number of hydrogen-bond donors (Lipinski definition) is 2. The molecule has 5 rings (SSSR count). The predicted octanol–water partition coefficient (Wildman–Crippen LogP) is 6.14. The molecule has 2 fully saturated rings. The summed E-state index contributed by atoms with van der Waals surface area (Å²) in [6.07, 6.45) is 3.01. The van der Waals surface area contributed by atoms with Gasteiger partial charge in [0.05, 0.1) is 17.3 Å². The molecule has 1 saturated carbocycles. The van der Waals surface area contributed by atoms with Crippen molar-refractivity contribution < 1.29 is 19.5 Å². The Morgan fingerprint density at radius 1 is 0.805 bits per heavy atom. The molecule has 7 nitrogen and oxygen atoms in total. The Morgan fingerprint density at radius 2 is 1.37 bits per heavy atom. The Labute approximate surface area is 251 Å². The van der Waals surface area contributed by atoms with Crippen LogP contribution in [0.2, 0.25) is 5.02 Å². The Kier molecular flexibility index (Phi) is 10.4. The van der Waals surface area contributed by atoms with Gasteiger partial charge >= 0.3 is 5.97 Å². The van der Waals surface area contributed by atoms with Crippen LogP contribution in [0, 0.1) is 11.8 Å². The summed E-state index contributed by atoms with van der Waals surface area (Å²) in [5.74, 6) is -2.38. The maximum Gasteiger partial charge on any atom is 0.337 e. The van der Waals surface area contributed by atoms with Crippen LogP contribution >= 0.6 is 24.0 Å². The SMILES string of the molecule is Cl.O=C(O)c1cc(Cl)ccc1NC(=O)[C@H]1CCCC[C@H]1C(=O)N1CCN(C(c2ccccc2)c2ccccc2)CC1. The zero-order valence-electron chi connectivity index (χ0n) is 22.7. The molecule has 1 aliphatic carbocycles. The lowest BCUT2D eigenvalue weighted by atomic mass is 9.77. The number of aromatic carboxylic acids is 1. The summed E-state index contributed by atoms with van der Waals surface area (Å²) in [4.78, 5) is 43.2. The van der Waals surface area contributed by atoms with Crippen LogP contribution < -0.4 is 5.32 Å². The molecule has 1 heterocycles. The molecule has 41 heavy (non-hydrogen) atoms. The first-order valence-electron chi connectivity index (χ1n) is 13.9. The number of nitrogens with zero attached hydrogens (tertiary/aromatic N) is 2. The first-order valence-corrected chi connectivity index (χ1v) is 14.3. The summed E-state index contributed by atoms with van der Waals surface area (Å²) in [7, 11) is 0. The van der Waals surface area contributed by atoms with Crippen LogP contribution in [-0.4, -0.2) is 58.9 Å². The Balaban J connectivity index is 0.00000387. The summed E-state index contributed by atoms with van der Waals surface area (Å²) in [6.45, 7) is 2.66. The van der Waals surface area contributed by atoms with Crippen LogP contribution in [0.25, 0.3) is 0 Å². The highest BCUT2D eigenvalue weighted by atomic mass is 35.5. The molecule has 3 aromatic rings. The molecular formula is C32H35Cl2N3O4. The maximum atomic E-state index is 13.8. The van der Waals surface area contributed by atoms with Crippen molar-refractivity contribution in [3.8, 4) is 0 Å². The molecule has 9 heteroatoms. The molecular weight excluding hydrogens is 561 g/mol. The van der Waals surface area contributed by atoms with Crippen LogP contribution in [0.3, 0.4) is 0 Å². The lowest BCUT2D eigenvalue weighted by Gasteiger charge is -2.42. The van der Waals surface area contributed by atoms with E-state index in [0.29, 0.717) is 25.9 Å². The lowest BCUT2D eigenvalue weighted by molar-refractivity contribution is -0.144. The number of carboxylic acids is 1. The standard InChI is InChI=1S/C32H34ClN3O4.ClH/c33-24-15-16-28(27(21-24)32(39)40)34-30(37)25-13-7-8-14-26(25)31(38)36-19-17-35(18-20-36)29(22-9-3-1-4-10-22)23-11-5-2-6-12-23;/h1-6,9-12,15-16,21,25-26,29H,7-8,13-14,17-20H2,(H,34,37)(H,39,40);1H/t25-,26+;/m0./s1. The number of carbonyl (C=O) groups excluding carboxylic acids is 2. The third kappa shape index (κ3) is 7.10. The van der Waals surface area contributed by atoms with E-state index in [-0.39, 0.29) is 46.5 Å². The molecule has 2 N–H and O–H groups in total. The Morgan fingerprint density at radius 3 is 1.93 bits per heavy atom. The van der Waals surface area contributed by atoms with Crippen LogP contribution in [-0.2, 0) is 9.59 Å². The number of piperazine rings is 1. The van der Waals surface area contributed by atoms with E-state index in [9.17, 15) is 19.5 Å². The lowest BCUT2D eigenvalue weighted by Crippen LogP contribution is -2.53. The number of rotatable bonds is 7. The number of carbonyl (C=O) groups is 3. The second-order valence-electron chi connectivity index (χ2n) is 10.6.